The number of hydrogen-bond acceptors (Lipinski definition) is 3. The van der Waals surface area contributed by atoms with E-state index in [4.69, 9.17) is 4.74 Å². The molecule has 22 heavy (non-hydrogen) atoms. The minimum Gasteiger partial charge on any atom is -0.450 e. The van der Waals surface area contributed by atoms with Crippen LogP contribution in [0.15, 0.2) is 24.3 Å². The van der Waals surface area contributed by atoms with Gasteiger partial charge in [-0.3, -0.25) is 4.79 Å². The first-order valence-corrected chi connectivity index (χ1v) is 7.84. The summed E-state index contributed by atoms with van der Waals surface area (Å²) in [5.41, 5.74) is 1.93. The van der Waals surface area contributed by atoms with Crippen molar-refractivity contribution in [3.63, 3.8) is 0 Å². The summed E-state index contributed by atoms with van der Waals surface area (Å²) in [6.45, 7) is 8.56. The lowest BCUT2D eigenvalue weighted by molar-refractivity contribution is 0.0570. The van der Waals surface area contributed by atoms with Gasteiger partial charge in [-0.15, -0.1) is 0 Å². The van der Waals surface area contributed by atoms with Gasteiger partial charge in [0.15, 0.2) is 0 Å². The van der Waals surface area contributed by atoms with Crippen LogP contribution in [0.1, 0.15) is 42.6 Å². The minimum absolute atomic E-state index is 0.0267. The fourth-order valence-electron chi connectivity index (χ4n) is 2.50. The number of ether oxygens (including phenoxy) is 1. The van der Waals surface area contributed by atoms with Crippen LogP contribution in [0.4, 0.5) is 4.79 Å². The molecule has 1 aromatic carbocycles. The number of benzene rings is 1. The molecule has 0 saturated carbocycles. The first kappa shape index (κ1) is 16.3. The van der Waals surface area contributed by atoms with E-state index in [0.717, 1.165) is 0 Å². The maximum absolute atomic E-state index is 12.5. The number of nitrogens with zero attached hydrogens (tertiary/aromatic N) is 2. The van der Waals surface area contributed by atoms with E-state index in [9.17, 15) is 9.59 Å². The van der Waals surface area contributed by atoms with Crippen LogP contribution in [-0.2, 0) is 4.74 Å². The average molecular weight is 304 g/mol. The normalized spacial score (nSPS) is 15.1. The Bertz CT molecular complexity index is 517. The second kappa shape index (κ2) is 7.29. The van der Waals surface area contributed by atoms with E-state index >= 15 is 0 Å². The Morgan fingerprint density at radius 2 is 1.59 bits per heavy atom. The molecule has 0 aromatic heterocycles. The van der Waals surface area contributed by atoms with Crippen molar-refractivity contribution in [1.82, 2.24) is 9.80 Å². The molecule has 120 valence electrons. The predicted molar refractivity (Wildman–Crippen MR) is 85.0 cm³/mol. The summed E-state index contributed by atoms with van der Waals surface area (Å²) < 4.78 is 4.98. The first-order valence-electron chi connectivity index (χ1n) is 7.84. The maximum atomic E-state index is 12.5. The SMILES string of the molecule is CCOC(=O)N1CCN(C(=O)c2ccc(C(C)C)cc2)CC1. The Balaban J connectivity index is 1.93. The van der Waals surface area contributed by atoms with Crippen LogP contribution < -0.4 is 0 Å². The fourth-order valence-corrected chi connectivity index (χ4v) is 2.50. The average Bonchev–Trinajstić information content (AvgIpc) is 2.54. The zero-order valence-electron chi connectivity index (χ0n) is 13.5. The highest BCUT2D eigenvalue weighted by atomic mass is 16.6. The summed E-state index contributed by atoms with van der Waals surface area (Å²) in [4.78, 5) is 27.6. The molecule has 0 spiro atoms. The Kier molecular flexibility index (Phi) is 5.41. The van der Waals surface area contributed by atoms with Gasteiger partial charge in [-0.25, -0.2) is 4.79 Å². The highest BCUT2D eigenvalue weighted by molar-refractivity contribution is 5.94. The summed E-state index contributed by atoms with van der Waals surface area (Å²) in [6.07, 6.45) is -0.295. The van der Waals surface area contributed by atoms with Crippen molar-refractivity contribution in [3.8, 4) is 0 Å². The van der Waals surface area contributed by atoms with Crippen molar-refractivity contribution in [2.75, 3.05) is 32.8 Å². The Morgan fingerprint density at radius 3 is 2.09 bits per heavy atom. The minimum atomic E-state index is -0.295. The van der Waals surface area contributed by atoms with Crippen molar-refractivity contribution in [2.24, 2.45) is 0 Å². The fraction of sp³-hybridized carbons (Fsp3) is 0.529. The number of amides is 2. The summed E-state index contributed by atoms with van der Waals surface area (Å²) in [6, 6.07) is 7.78. The Labute approximate surface area is 131 Å². The van der Waals surface area contributed by atoms with Crippen molar-refractivity contribution in [2.45, 2.75) is 26.7 Å². The predicted octanol–water partition coefficient (Wildman–Crippen LogP) is 2.72. The van der Waals surface area contributed by atoms with Crippen LogP contribution in [0.3, 0.4) is 0 Å². The number of carbonyl (C=O) groups is 2. The number of carbonyl (C=O) groups excluding carboxylic acids is 2. The first-order chi connectivity index (χ1) is 10.5. The summed E-state index contributed by atoms with van der Waals surface area (Å²) in [5, 5.41) is 0. The number of piperazine rings is 1. The standard InChI is InChI=1S/C17H24N2O3/c1-4-22-17(21)19-11-9-18(10-12-19)16(20)15-7-5-14(6-8-15)13(2)3/h5-8,13H,4,9-12H2,1-3H3. The molecule has 0 unspecified atom stereocenters. The van der Waals surface area contributed by atoms with Gasteiger partial charge < -0.3 is 14.5 Å². The molecule has 1 saturated heterocycles. The van der Waals surface area contributed by atoms with E-state index in [-0.39, 0.29) is 12.0 Å². The lowest BCUT2D eigenvalue weighted by Crippen LogP contribution is -2.50. The van der Waals surface area contributed by atoms with Gasteiger partial charge in [-0.2, -0.15) is 0 Å². The topological polar surface area (TPSA) is 49.9 Å². The highest BCUT2D eigenvalue weighted by Gasteiger charge is 2.25. The molecular weight excluding hydrogens is 280 g/mol. The molecule has 0 N–H and O–H groups in total. The molecule has 1 heterocycles. The van der Waals surface area contributed by atoms with Gasteiger partial charge in [0.1, 0.15) is 0 Å². The second-order valence-corrected chi connectivity index (χ2v) is 5.75. The van der Waals surface area contributed by atoms with Gasteiger partial charge in [-0.1, -0.05) is 26.0 Å². The molecule has 0 radical (unpaired) electrons. The lowest BCUT2D eigenvalue weighted by Gasteiger charge is -2.34. The molecule has 0 aliphatic carbocycles. The van der Waals surface area contributed by atoms with Crippen LogP contribution in [0.2, 0.25) is 0 Å². The molecule has 1 aliphatic rings. The van der Waals surface area contributed by atoms with Crippen LogP contribution in [0.25, 0.3) is 0 Å². The molecule has 5 nitrogen and oxygen atoms in total. The van der Waals surface area contributed by atoms with Gasteiger partial charge in [-0.05, 0) is 30.5 Å². The molecule has 1 aliphatic heterocycles. The second-order valence-electron chi connectivity index (χ2n) is 5.75. The Morgan fingerprint density at radius 1 is 1.05 bits per heavy atom. The van der Waals surface area contributed by atoms with Gasteiger partial charge in [0.2, 0.25) is 0 Å². The third-order valence-electron chi connectivity index (χ3n) is 3.92. The van der Waals surface area contributed by atoms with Gasteiger partial charge in [0.25, 0.3) is 5.91 Å². The third kappa shape index (κ3) is 3.78. The lowest BCUT2D eigenvalue weighted by atomic mass is 10.0. The molecule has 0 atom stereocenters. The van der Waals surface area contributed by atoms with E-state index in [1.54, 1.807) is 16.7 Å². The maximum Gasteiger partial charge on any atom is 0.409 e. The van der Waals surface area contributed by atoms with Gasteiger partial charge in [0.05, 0.1) is 6.61 Å². The molecule has 0 bridgehead atoms. The molecule has 1 aromatic rings. The monoisotopic (exact) mass is 304 g/mol. The van der Waals surface area contributed by atoms with E-state index in [0.29, 0.717) is 44.3 Å². The third-order valence-corrected chi connectivity index (χ3v) is 3.92. The van der Waals surface area contributed by atoms with E-state index in [1.165, 1.54) is 5.56 Å². The summed E-state index contributed by atoms with van der Waals surface area (Å²) in [7, 11) is 0. The quantitative estimate of drug-likeness (QED) is 0.862. The zero-order chi connectivity index (χ0) is 16.1. The highest BCUT2D eigenvalue weighted by Crippen LogP contribution is 2.16. The number of rotatable bonds is 3. The zero-order valence-corrected chi connectivity index (χ0v) is 13.5. The molecule has 2 rings (SSSR count). The van der Waals surface area contributed by atoms with Crippen LogP contribution in [0, 0.1) is 0 Å². The van der Waals surface area contributed by atoms with E-state index in [2.05, 4.69) is 13.8 Å². The molecule has 1 fully saturated rings. The largest absolute Gasteiger partial charge is 0.450 e. The molecule has 2 amide bonds. The number of hydrogen-bond donors (Lipinski definition) is 0. The van der Waals surface area contributed by atoms with Crippen molar-refractivity contribution in [1.29, 1.82) is 0 Å². The summed E-state index contributed by atoms with van der Waals surface area (Å²) in [5.74, 6) is 0.482. The van der Waals surface area contributed by atoms with Gasteiger partial charge >= 0.3 is 6.09 Å². The Hall–Kier alpha value is -2.04. The summed E-state index contributed by atoms with van der Waals surface area (Å²) >= 11 is 0. The van der Waals surface area contributed by atoms with Crippen LogP contribution in [0.5, 0.6) is 0 Å². The van der Waals surface area contributed by atoms with Crippen molar-refractivity contribution >= 4 is 12.0 Å². The van der Waals surface area contributed by atoms with Crippen LogP contribution in [-0.4, -0.2) is 54.6 Å². The van der Waals surface area contributed by atoms with Gasteiger partial charge in [0, 0.05) is 31.7 Å². The van der Waals surface area contributed by atoms with E-state index in [1.807, 2.05) is 24.3 Å². The van der Waals surface area contributed by atoms with E-state index < -0.39 is 0 Å². The molecular formula is C17H24N2O3. The molecule has 5 heteroatoms. The van der Waals surface area contributed by atoms with Crippen molar-refractivity contribution in [3.05, 3.63) is 35.4 Å². The van der Waals surface area contributed by atoms with Crippen molar-refractivity contribution < 1.29 is 14.3 Å². The van der Waals surface area contributed by atoms with Crippen LogP contribution >= 0.6 is 0 Å². The smallest absolute Gasteiger partial charge is 0.409 e.